The van der Waals surface area contributed by atoms with E-state index in [-0.39, 0.29) is 30.6 Å². The second kappa shape index (κ2) is 18.0. The molecule has 0 heterocycles. The molecule has 0 aliphatic rings. The van der Waals surface area contributed by atoms with Crippen LogP contribution in [0.5, 0.6) is 17.2 Å². The van der Waals surface area contributed by atoms with E-state index in [2.05, 4.69) is 24.5 Å². The smallest absolute Gasteiger partial charge is 0.308 e. The molecule has 0 unspecified atom stereocenters. The molecule has 3 aromatic rings. The third kappa shape index (κ3) is 11.3. The minimum atomic E-state index is -0.754. The number of rotatable bonds is 18. The van der Waals surface area contributed by atoms with E-state index < -0.39 is 12.1 Å². The average molecular weight is 609 g/mol. The quantitative estimate of drug-likeness (QED) is 0.0820. The van der Waals surface area contributed by atoms with Gasteiger partial charge in [0, 0.05) is 31.1 Å². The minimum absolute atomic E-state index is 0.00626. The molecule has 3 rings (SSSR count). The van der Waals surface area contributed by atoms with E-state index in [0.29, 0.717) is 66.8 Å². The van der Waals surface area contributed by atoms with Gasteiger partial charge >= 0.3 is 5.97 Å². The van der Waals surface area contributed by atoms with Crippen LogP contribution in [0.3, 0.4) is 0 Å². The lowest BCUT2D eigenvalue weighted by Gasteiger charge is -2.15. The van der Waals surface area contributed by atoms with E-state index in [1.165, 1.54) is 13.0 Å². The second-order valence-electron chi connectivity index (χ2n) is 10.9. The van der Waals surface area contributed by atoms with Crippen molar-refractivity contribution >= 4 is 11.9 Å². The van der Waals surface area contributed by atoms with Crippen molar-refractivity contribution in [1.82, 2.24) is 10.6 Å². The van der Waals surface area contributed by atoms with Crippen molar-refractivity contribution in [1.29, 1.82) is 0 Å². The van der Waals surface area contributed by atoms with Crippen LogP contribution in [0.1, 0.15) is 65.9 Å². The number of benzene rings is 3. The molecule has 0 aromatic heterocycles. The summed E-state index contributed by atoms with van der Waals surface area (Å²) in [6.45, 7) is 7.46. The highest BCUT2D eigenvalue weighted by molar-refractivity contribution is 5.98. The van der Waals surface area contributed by atoms with Gasteiger partial charge < -0.3 is 40.2 Å². The number of esters is 1. The Morgan fingerprint density at radius 3 is 2.43 bits per heavy atom. The number of amides is 1. The lowest BCUT2D eigenvalue weighted by Crippen LogP contribution is -2.26. The molecule has 0 saturated carbocycles. The summed E-state index contributed by atoms with van der Waals surface area (Å²) in [6.07, 6.45) is 0.849. The fourth-order valence-electron chi connectivity index (χ4n) is 4.39. The van der Waals surface area contributed by atoms with Crippen molar-refractivity contribution < 1.29 is 39.1 Å². The summed E-state index contributed by atoms with van der Waals surface area (Å²) in [5.41, 5.74) is 3.01. The third-order valence-electron chi connectivity index (χ3n) is 6.86. The Kier molecular flexibility index (Phi) is 14.1. The first-order chi connectivity index (χ1) is 21.2. The van der Waals surface area contributed by atoms with Crippen molar-refractivity contribution in [2.75, 3.05) is 32.8 Å². The topological polar surface area (TPSA) is 147 Å². The predicted octanol–water partition coefficient (Wildman–Crippen LogP) is 4.05. The van der Waals surface area contributed by atoms with Gasteiger partial charge in [-0.25, -0.2) is 0 Å². The molecule has 1 atom stereocenters. The Labute approximate surface area is 259 Å². The highest BCUT2D eigenvalue weighted by Crippen LogP contribution is 2.26. The molecular formula is C34H44N2O8. The van der Waals surface area contributed by atoms with Gasteiger partial charge in [-0.15, -0.1) is 0 Å². The molecule has 0 radical (unpaired) electrons. The number of phenols is 1. The van der Waals surface area contributed by atoms with Crippen LogP contribution < -0.4 is 20.1 Å². The largest absolute Gasteiger partial charge is 0.508 e. The van der Waals surface area contributed by atoms with Gasteiger partial charge in [0.25, 0.3) is 5.91 Å². The normalized spacial score (nSPS) is 11.8. The van der Waals surface area contributed by atoms with Gasteiger partial charge in [-0.3, -0.25) is 9.59 Å². The highest BCUT2D eigenvalue weighted by atomic mass is 16.5. The number of aliphatic hydroxyl groups is 2. The number of nitrogens with one attached hydrogen (secondary N) is 2. The van der Waals surface area contributed by atoms with Gasteiger partial charge in [-0.05, 0) is 66.8 Å². The number of carbonyl (C=O) groups excluding carboxylic acids is 2. The maximum atomic E-state index is 12.7. The van der Waals surface area contributed by atoms with E-state index in [0.717, 1.165) is 18.4 Å². The van der Waals surface area contributed by atoms with Crippen LogP contribution in [-0.4, -0.2) is 60.0 Å². The molecule has 0 fully saturated rings. The number of aromatic hydroxyl groups is 1. The van der Waals surface area contributed by atoms with Crippen molar-refractivity contribution in [2.24, 2.45) is 5.92 Å². The summed E-state index contributed by atoms with van der Waals surface area (Å²) < 4.78 is 17.0. The van der Waals surface area contributed by atoms with Gasteiger partial charge in [-0.1, -0.05) is 44.2 Å². The summed E-state index contributed by atoms with van der Waals surface area (Å²) in [6, 6.07) is 17.6. The SMILES string of the molecule is CC(=O)Oc1c(COCCOc2ccc(CCNC[C@H](O)c3ccc(O)c(CO)c3)cc2)cccc1C(=O)NCCC(C)C. The first-order valence-corrected chi connectivity index (χ1v) is 14.9. The van der Waals surface area contributed by atoms with Crippen LogP contribution in [0.25, 0.3) is 0 Å². The predicted molar refractivity (Wildman–Crippen MR) is 167 cm³/mol. The Bertz CT molecular complexity index is 1340. The zero-order valence-electron chi connectivity index (χ0n) is 25.7. The zero-order valence-corrected chi connectivity index (χ0v) is 25.7. The second-order valence-corrected chi connectivity index (χ2v) is 10.9. The van der Waals surface area contributed by atoms with Crippen LogP contribution in [0.4, 0.5) is 0 Å². The highest BCUT2D eigenvalue weighted by Gasteiger charge is 2.18. The van der Waals surface area contributed by atoms with E-state index >= 15 is 0 Å². The molecule has 238 valence electrons. The summed E-state index contributed by atoms with van der Waals surface area (Å²) in [5, 5.41) is 35.5. The van der Waals surface area contributed by atoms with Crippen molar-refractivity contribution in [2.45, 2.75) is 52.9 Å². The van der Waals surface area contributed by atoms with E-state index in [9.17, 15) is 24.9 Å². The van der Waals surface area contributed by atoms with Crippen molar-refractivity contribution in [3.8, 4) is 17.2 Å². The summed E-state index contributed by atoms with van der Waals surface area (Å²) in [7, 11) is 0. The fraction of sp³-hybridized carbons (Fsp3) is 0.412. The molecule has 10 heteroatoms. The third-order valence-corrected chi connectivity index (χ3v) is 6.86. The van der Waals surface area contributed by atoms with Crippen molar-refractivity contribution in [3.63, 3.8) is 0 Å². The van der Waals surface area contributed by atoms with Crippen LogP contribution in [0.2, 0.25) is 0 Å². The van der Waals surface area contributed by atoms with Crippen LogP contribution in [0.15, 0.2) is 60.7 Å². The number of para-hydroxylation sites is 1. The first kappa shape index (κ1) is 34.5. The van der Waals surface area contributed by atoms with Gasteiger partial charge in [0.2, 0.25) is 0 Å². The van der Waals surface area contributed by atoms with E-state index in [4.69, 9.17) is 14.2 Å². The molecule has 3 aromatic carbocycles. The number of hydrogen-bond acceptors (Lipinski definition) is 9. The summed E-state index contributed by atoms with van der Waals surface area (Å²) in [5.74, 6) is 0.563. The molecule has 5 N–H and O–H groups in total. The van der Waals surface area contributed by atoms with Gasteiger partial charge in [-0.2, -0.15) is 0 Å². The zero-order chi connectivity index (χ0) is 31.9. The van der Waals surface area contributed by atoms with Crippen LogP contribution in [-0.2, 0) is 29.2 Å². The lowest BCUT2D eigenvalue weighted by molar-refractivity contribution is -0.132. The number of carbonyl (C=O) groups is 2. The Balaban J connectivity index is 1.40. The van der Waals surface area contributed by atoms with Crippen LogP contribution >= 0.6 is 0 Å². The molecule has 1 amide bonds. The molecule has 10 nitrogen and oxygen atoms in total. The van der Waals surface area contributed by atoms with Gasteiger partial charge in [0.05, 0.1) is 31.5 Å². The van der Waals surface area contributed by atoms with E-state index in [1.54, 1.807) is 30.3 Å². The summed E-state index contributed by atoms with van der Waals surface area (Å²) in [4.78, 5) is 24.5. The standard InChI is InChI=1S/C34H44N2O8/c1-23(2)13-16-36-34(41)30-6-4-5-27(33(30)44-24(3)38)22-42-17-18-43-29-10-7-25(8-11-29)14-15-35-20-32(40)26-9-12-31(39)28(19-26)21-37/h4-12,19,23,32,35,37,39-40H,13-18,20-22H2,1-3H3,(H,36,41)/t32-/m0/s1. The molecule has 44 heavy (non-hydrogen) atoms. The Morgan fingerprint density at radius 1 is 0.955 bits per heavy atom. The molecule has 0 aliphatic carbocycles. The molecule has 0 saturated heterocycles. The number of aliphatic hydroxyl groups excluding tert-OH is 2. The van der Waals surface area contributed by atoms with Crippen molar-refractivity contribution in [3.05, 3.63) is 88.5 Å². The molecule has 0 bridgehead atoms. The fourth-order valence-corrected chi connectivity index (χ4v) is 4.39. The van der Waals surface area contributed by atoms with E-state index in [1.807, 2.05) is 24.3 Å². The van der Waals surface area contributed by atoms with Gasteiger partial charge in [0.15, 0.2) is 0 Å². The Morgan fingerprint density at radius 2 is 1.73 bits per heavy atom. The minimum Gasteiger partial charge on any atom is -0.508 e. The molecule has 0 spiro atoms. The molecule has 0 aliphatic heterocycles. The maximum Gasteiger partial charge on any atom is 0.308 e. The average Bonchev–Trinajstić information content (AvgIpc) is 3.00. The molecular weight excluding hydrogens is 564 g/mol. The lowest BCUT2D eigenvalue weighted by atomic mass is 10.1. The monoisotopic (exact) mass is 608 g/mol. The van der Waals surface area contributed by atoms with Gasteiger partial charge in [0.1, 0.15) is 23.9 Å². The maximum absolute atomic E-state index is 12.7. The number of hydrogen-bond donors (Lipinski definition) is 5. The Hall–Kier alpha value is -3.96. The van der Waals surface area contributed by atoms with Crippen LogP contribution in [0, 0.1) is 5.92 Å². The number of ether oxygens (including phenoxy) is 3. The summed E-state index contributed by atoms with van der Waals surface area (Å²) >= 11 is 0. The first-order valence-electron chi connectivity index (χ1n) is 14.9.